The number of alkyl halides is 6. The standard InChI is InChI=1S/C5H2Cl3F3O2/c6-4(7,8)2(1-3(12)13)5(9,10)11/h1H,(H,12,13)/b2-1-. The summed E-state index contributed by atoms with van der Waals surface area (Å²) in [6.45, 7) is 0. The number of carboxylic acids is 1. The van der Waals surface area contributed by atoms with Gasteiger partial charge in [0.25, 0.3) is 0 Å². The summed E-state index contributed by atoms with van der Waals surface area (Å²) in [4.78, 5) is 9.95. The minimum atomic E-state index is -4.98. The second-order valence-electron chi connectivity index (χ2n) is 1.89. The van der Waals surface area contributed by atoms with Crippen LogP contribution in [0, 0.1) is 0 Å². The molecule has 0 rings (SSSR count). The number of aliphatic carboxylic acids is 1. The first kappa shape index (κ1) is 12.9. The predicted molar refractivity (Wildman–Crippen MR) is 42.1 cm³/mol. The first-order valence-corrected chi connectivity index (χ1v) is 3.77. The number of hydrogen-bond acceptors (Lipinski definition) is 1. The van der Waals surface area contributed by atoms with Gasteiger partial charge >= 0.3 is 12.1 Å². The molecule has 0 aromatic carbocycles. The molecule has 1 N–H and O–H groups in total. The van der Waals surface area contributed by atoms with Crippen molar-refractivity contribution in [1.29, 1.82) is 0 Å². The summed E-state index contributed by atoms with van der Waals surface area (Å²) in [5.41, 5.74) is -1.74. The van der Waals surface area contributed by atoms with Gasteiger partial charge in [0.15, 0.2) is 0 Å². The van der Waals surface area contributed by atoms with Crippen LogP contribution in [0.15, 0.2) is 11.6 Å². The Hall–Kier alpha value is -0.130. The number of carboxylic acid groups (broad SMARTS) is 1. The number of allylic oxidation sites excluding steroid dienone is 1. The van der Waals surface area contributed by atoms with Crippen molar-refractivity contribution < 1.29 is 23.1 Å². The van der Waals surface area contributed by atoms with Crippen molar-refractivity contribution in [2.24, 2.45) is 0 Å². The van der Waals surface area contributed by atoms with Gasteiger partial charge in [0.1, 0.15) is 0 Å². The Kier molecular flexibility index (Phi) is 3.90. The van der Waals surface area contributed by atoms with Crippen molar-refractivity contribution in [1.82, 2.24) is 0 Å². The number of halogens is 6. The third-order valence-electron chi connectivity index (χ3n) is 0.879. The zero-order valence-electron chi connectivity index (χ0n) is 5.70. The van der Waals surface area contributed by atoms with E-state index < -0.39 is 21.5 Å². The summed E-state index contributed by atoms with van der Waals surface area (Å²) in [6.07, 6.45) is -5.17. The molecule has 0 saturated heterocycles. The first-order valence-electron chi connectivity index (χ1n) is 2.64. The monoisotopic (exact) mass is 256 g/mol. The molecule has 0 heterocycles. The second kappa shape index (κ2) is 3.94. The molecular formula is C5H2Cl3F3O2. The molecule has 0 aromatic rings. The van der Waals surface area contributed by atoms with Gasteiger partial charge in [-0.05, 0) is 0 Å². The maximum atomic E-state index is 12.0. The molecule has 0 aromatic heterocycles. The van der Waals surface area contributed by atoms with E-state index in [2.05, 4.69) is 0 Å². The van der Waals surface area contributed by atoms with Crippen LogP contribution >= 0.6 is 34.8 Å². The van der Waals surface area contributed by atoms with E-state index in [1.54, 1.807) is 0 Å². The van der Waals surface area contributed by atoms with E-state index in [1.165, 1.54) is 0 Å². The predicted octanol–water partition coefficient (Wildman–Crippen LogP) is 2.93. The van der Waals surface area contributed by atoms with Crippen LogP contribution in [0.4, 0.5) is 13.2 Å². The molecule has 0 amide bonds. The summed E-state index contributed by atoms with van der Waals surface area (Å²) in [6, 6.07) is 0. The van der Waals surface area contributed by atoms with Crippen LogP contribution in [0.1, 0.15) is 0 Å². The fourth-order valence-electron chi connectivity index (χ4n) is 0.448. The van der Waals surface area contributed by atoms with Gasteiger partial charge in [-0.3, -0.25) is 0 Å². The van der Waals surface area contributed by atoms with E-state index in [0.29, 0.717) is 0 Å². The topological polar surface area (TPSA) is 37.3 Å². The van der Waals surface area contributed by atoms with Gasteiger partial charge in [-0.1, -0.05) is 34.8 Å². The molecule has 76 valence electrons. The molecular weight excluding hydrogens is 255 g/mol. The Morgan fingerprint density at radius 2 is 1.62 bits per heavy atom. The van der Waals surface area contributed by atoms with Crippen LogP contribution in [0.2, 0.25) is 0 Å². The van der Waals surface area contributed by atoms with E-state index in [-0.39, 0.29) is 6.08 Å². The molecule has 0 spiro atoms. The Balaban J connectivity index is 5.13. The van der Waals surface area contributed by atoms with Crippen molar-refractivity contribution in [2.75, 3.05) is 0 Å². The Labute approximate surface area is 85.9 Å². The average Bonchev–Trinajstić information content (AvgIpc) is 1.77. The average molecular weight is 257 g/mol. The molecule has 0 fully saturated rings. The zero-order chi connectivity index (χ0) is 10.9. The number of rotatable bonds is 1. The minimum Gasteiger partial charge on any atom is -0.478 e. The molecule has 0 radical (unpaired) electrons. The van der Waals surface area contributed by atoms with Crippen molar-refractivity contribution >= 4 is 40.8 Å². The van der Waals surface area contributed by atoms with E-state index in [0.717, 1.165) is 0 Å². The summed E-state index contributed by atoms with van der Waals surface area (Å²) in [7, 11) is 0. The quantitative estimate of drug-likeness (QED) is 0.579. The highest BCUT2D eigenvalue weighted by molar-refractivity contribution is 6.69. The summed E-state index contributed by atoms with van der Waals surface area (Å²) in [5, 5.41) is 8.06. The molecule has 0 bridgehead atoms. The molecule has 0 aliphatic rings. The van der Waals surface area contributed by atoms with Crippen LogP contribution in [0.5, 0.6) is 0 Å². The van der Waals surface area contributed by atoms with Crippen LogP contribution in [0.25, 0.3) is 0 Å². The highest BCUT2D eigenvalue weighted by atomic mass is 35.6. The van der Waals surface area contributed by atoms with Crippen molar-refractivity contribution in [3.63, 3.8) is 0 Å². The fraction of sp³-hybridized carbons (Fsp3) is 0.400. The molecule has 0 aliphatic carbocycles. The summed E-state index contributed by atoms with van der Waals surface area (Å²) >= 11 is 14.7. The van der Waals surface area contributed by atoms with Crippen LogP contribution in [0.3, 0.4) is 0 Å². The first-order chi connectivity index (χ1) is 5.55. The van der Waals surface area contributed by atoms with Gasteiger partial charge in [-0.2, -0.15) is 13.2 Å². The number of hydrogen-bond donors (Lipinski definition) is 1. The highest BCUT2D eigenvalue weighted by Gasteiger charge is 2.46. The fourth-order valence-corrected chi connectivity index (χ4v) is 0.933. The Bertz CT molecular complexity index is 224. The van der Waals surface area contributed by atoms with Gasteiger partial charge < -0.3 is 5.11 Å². The maximum absolute atomic E-state index is 12.0. The van der Waals surface area contributed by atoms with Crippen molar-refractivity contribution in [3.05, 3.63) is 11.6 Å². The van der Waals surface area contributed by atoms with E-state index in [4.69, 9.17) is 39.9 Å². The van der Waals surface area contributed by atoms with Crippen LogP contribution < -0.4 is 0 Å². The summed E-state index contributed by atoms with van der Waals surface area (Å²) < 4.78 is 33.2. The summed E-state index contributed by atoms with van der Waals surface area (Å²) in [5.74, 6) is -1.83. The third-order valence-corrected chi connectivity index (χ3v) is 1.49. The van der Waals surface area contributed by atoms with Gasteiger partial charge in [-0.15, -0.1) is 0 Å². The van der Waals surface area contributed by atoms with E-state index >= 15 is 0 Å². The Morgan fingerprint density at radius 3 is 1.69 bits per heavy atom. The second-order valence-corrected chi connectivity index (χ2v) is 4.17. The molecule has 0 unspecified atom stereocenters. The van der Waals surface area contributed by atoms with E-state index in [9.17, 15) is 18.0 Å². The van der Waals surface area contributed by atoms with Gasteiger partial charge in [0, 0.05) is 6.08 Å². The molecule has 2 nitrogen and oxygen atoms in total. The number of carbonyl (C=O) groups is 1. The normalized spacial score (nSPS) is 14.5. The lowest BCUT2D eigenvalue weighted by Gasteiger charge is -2.17. The molecule has 13 heavy (non-hydrogen) atoms. The minimum absolute atomic E-state index is 0.188. The van der Waals surface area contributed by atoms with Crippen LogP contribution in [-0.4, -0.2) is 21.0 Å². The van der Waals surface area contributed by atoms with Gasteiger partial charge in [0.05, 0.1) is 5.57 Å². The van der Waals surface area contributed by atoms with Crippen molar-refractivity contribution in [3.8, 4) is 0 Å². The SMILES string of the molecule is O=C(O)/C=C(\C(F)(F)F)C(Cl)(Cl)Cl. The van der Waals surface area contributed by atoms with Gasteiger partial charge in [-0.25, -0.2) is 4.79 Å². The van der Waals surface area contributed by atoms with Gasteiger partial charge in [0.2, 0.25) is 3.79 Å². The molecule has 0 saturated carbocycles. The lowest BCUT2D eigenvalue weighted by molar-refractivity contribution is -0.132. The van der Waals surface area contributed by atoms with Crippen molar-refractivity contribution in [2.45, 2.75) is 9.97 Å². The lowest BCUT2D eigenvalue weighted by Crippen LogP contribution is -2.24. The molecule has 0 aliphatic heterocycles. The largest absolute Gasteiger partial charge is 0.478 e. The van der Waals surface area contributed by atoms with E-state index in [1.807, 2.05) is 0 Å². The molecule has 8 heteroatoms. The lowest BCUT2D eigenvalue weighted by atomic mass is 10.2. The molecule has 0 atom stereocenters. The highest BCUT2D eigenvalue weighted by Crippen LogP contribution is 2.43. The van der Waals surface area contributed by atoms with Crippen LogP contribution in [-0.2, 0) is 4.79 Å². The Morgan fingerprint density at radius 1 is 1.23 bits per heavy atom. The zero-order valence-corrected chi connectivity index (χ0v) is 7.97. The third kappa shape index (κ3) is 4.59. The smallest absolute Gasteiger partial charge is 0.417 e. The maximum Gasteiger partial charge on any atom is 0.417 e.